The van der Waals surface area contributed by atoms with Crippen molar-refractivity contribution in [3.05, 3.63) is 59.7 Å². The second-order valence-corrected chi connectivity index (χ2v) is 8.91. The summed E-state index contributed by atoms with van der Waals surface area (Å²) in [5.41, 5.74) is 2.02. The van der Waals surface area contributed by atoms with Crippen LogP contribution < -0.4 is 0 Å². The van der Waals surface area contributed by atoms with Crippen LogP contribution in [0, 0.1) is 11.3 Å². The molecule has 3 aromatic rings. The molecule has 9 heteroatoms. The molecule has 0 aliphatic rings. The van der Waals surface area contributed by atoms with E-state index in [1.165, 1.54) is 16.1 Å². The van der Waals surface area contributed by atoms with Crippen molar-refractivity contribution >= 4 is 21.8 Å². The number of hydrogen-bond acceptors (Lipinski definition) is 7. The van der Waals surface area contributed by atoms with Crippen LogP contribution in [0.2, 0.25) is 0 Å². The Morgan fingerprint density at radius 3 is 2.59 bits per heavy atom. The average molecular weight is 429 g/mol. The predicted octanol–water partition coefficient (Wildman–Crippen LogP) is 3.93. The van der Waals surface area contributed by atoms with Crippen molar-refractivity contribution in [3.8, 4) is 17.5 Å². The van der Waals surface area contributed by atoms with Gasteiger partial charge < -0.3 is 4.42 Å². The van der Waals surface area contributed by atoms with Crippen molar-refractivity contribution in [3.63, 3.8) is 0 Å². The summed E-state index contributed by atoms with van der Waals surface area (Å²) in [6, 6.07) is 16.0. The van der Waals surface area contributed by atoms with Gasteiger partial charge in [0.1, 0.15) is 0 Å². The zero-order chi connectivity index (χ0) is 20.9. The predicted molar refractivity (Wildman–Crippen MR) is 111 cm³/mol. The summed E-state index contributed by atoms with van der Waals surface area (Å²) < 4.78 is 32.6. The molecule has 0 saturated heterocycles. The first-order valence-electron chi connectivity index (χ1n) is 9.04. The molecule has 0 amide bonds. The van der Waals surface area contributed by atoms with Crippen LogP contribution in [0.4, 0.5) is 0 Å². The van der Waals surface area contributed by atoms with E-state index >= 15 is 0 Å². The molecular formula is C20H20N4O3S2. The van der Waals surface area contributed by atoms with Crippen molar-refractivity contribution < 1.29 is 12.8 Å². The van der Waals surface area contributed by atoms with Gasteiger partial charge in [-0.1, -0.05) is 49.9 Å². The SMILES string of the molecule is CCN(CC)S(=O)(=O)c1cccc(-c2nnc(SCc3ccccc3C#N)o2)c1. The Morgan fingerprint density at radius 1 is 1.10 bits per heavy atom. The van der Waals surface area contributed by atoms with E-state index in [1.807, 2.05) is 18.2 Å². The van der Waals surface area contributed by atoms with E-state index in [4.69, 9.17) is 4.42 Å². The molecule has 3 rings (SSSR count). The topological polar surface area (TPSA) is 100 Å². The van der Waals surface area contributed by atoms with E-state index in [1.54, 1.807) is 44.2 Å². The molecule has 0 aliphatic carbocycles. The summed E-state index contributed by atoms with van der Waals surface area (Å²) in [6.07, 6.45) is 0. The second kappa shape index (κ2) is 9.22. The van der Waals surface area contributed by atoms with Crippen LogP contribution in [0.5, 0.6) is 0 Å². The molecule has 1 heterocycles. The third-order valence-electron chi connectivity index (χ3n) is 4.32. The van der Waals surface area contributed by atoms with Crippen molar-refractivity contribution in [2.24, 2.45) is 0 Å². The highest BCUT2D eigenvalue weighted by Crippen LogP contribution is 2.28. The van der Waals surface area contributed by atoms with Gasteiger partial charge in [0.25, 0.3) is 5.22 Å². The number of aromatic nitrogens is 2. The smallest absolute Gasteiger partial charge is 0.277 e. The van der Waals surface area contributed by atoms with Crippen LogP contribution >= 0.6 is 11.8 Å². The molecule has 0 bridgehead atoms. The van der Waals surface area contributed by atoms with Gasteiger partial charge in [-0.3, -0.25) is 0 Å². The molecule has 0 N–H and O–H groups in total. The summed E-state index contributed by atoms with van der Waals surface area (Å²) in [4.78, 5) is 0.189. The molecule has 1 aromatic heterocycles. The zero-order valence-corrected chi connectivity index (χ0v) is 17.7. The van der Waals surface area contributed by atoms with Crippen LogP contribution in [0.25, 0.3) is 11.5 Å². The summed E-state index contributed by atoms with van der Waals surface area (Å²) in [5.74, 6) is 0.763. The number of nitrogens with zero attached hydrogens (tertiary/aromatic N) is 4. The number of nitriles is 1. The van der Waals surface area contributed by atoms with E-state index < -0.39 is 10.0 Å². The Bertz CT molecular complexity index is 1130. The van der Waals surface area contributed by atoms with Crippen LogP contribution in [0.1, 0.15) is 25.0 Å². The molecule has 29 heavy (non-hydrogen) atoms. The molecule has 0 atom stereocenters. The lowest BCUT2D eigenvalue weighted by Crippen LogP contribution is -2.30. The molecule has 7 nitrogen and oxygen atoms in total. The Balaban J connectivity index is 1.80. The molecule has 2 aromatic carbocycles. The first kappa shape index (κ1) is 21.0. The van der Waals surface area contributed by atoms with E-state index in [0.717, 1.165) is 5.56 Å². The van der Waals surface area contributed by atoms with Crippen LogP contribution in [-0.4, -0.2) is 36.0 Å². The van der Waals surface area contributed by atoms with E-state index in [-0.39, 0.29) is 10.8 Å². The molecule has 0 radical (unpaired) electrons. The zero-order valence-electron chi connectivity index (χ0n) is 16.1. The third kappa shape index (κ3) is 4.67. The van der Waals surface area contributed by atoms with Gasteiger partial charge in [0.2, 0.25) is 15.9 Å². The van der Waals surface area contributed by atoms with Gasteiger partial charge in [0.15, 0.2) is 0 Å². The summed E-state index contributed by atoms with van der Waals surface area (Å²) >= 11 is 1.32. The Labute approximate surface area is 174 Å². The van der Waals surface area contributed by atoms with Gasteiger partial charge >= 0.3 is 0 Å². The molecule has 0 fully saturated rings. The normalized spacial score (nSPS) is 11.5. The minimum absolute atomic E-state index is 0.189. The number of benzene rings is 2. The maximum atomic E-state index is 12.7. The first-order valence-corrected chi connectivity index (χ1v) is 11.5. The van der Waals surface area contributed by atoms with E-state index in [0.29, 0.717) is 35.2 Å². The fourth-order valence-electron chi connectivity index (χ4n) is 2.78. The lowest BCUT2D eigenvalue weighted by molar-refractivity contribution is 0.445. The van der Waals surface area contributed by atoms with E-state index in [9.17, 15) is 13.7 Å². The maximum absolute atomic E-state index is 12.7. The van der Waals surface area contributed by atoms with Gasteiger partial charge in [-0.25, -0.2) is 8.42 Å². The van der Waals surface area contributed by atoms with Crippen molar-refractivity contribution in [1.29, 1.82) is 5.26 Å². The monoisotopic (exact) mass is 428 g/mol. The van der Waals surface area contributed by atoms with Gasteiger partial charge in [0, 0.05) is 24.4 Å². The largest absolute Gasteiger partial charge is 0.411 e. The number of hydrogen-bond donors (Lipinski definition) is 0. The lowest BCUT2D eigenvalue weighted by atomic mass is 10.1. The quantitative estimate of drug-likeness (QED) is 0.501. The van der Waals surface area contributed by atoms with Crippen LogP contribution in [0.3, 0.4) is 0 Å². The molecule has 150 valence electrons. The minimum Gasteiger partial charge on any atom is -0.411 e. The molecule has 0 saturated carbocycles. The maximum Gasteiger partial charge on any atom is 0.277 e. The minimum atomic E-state index is -3.57. The first-order chi connectivity index (χ1) is 14.0. The number of sulfonamides is 1. The average Bonchev–Trinajstić information content (AvgIpc) is 3.22. The number of thioether (sulfide) groups is 1. The highest BCUT2D eigenvalue weighted by Gasteiger charge is 2.22. The van der Waals surface area contributed by atoms with Gasteiger partial charge in [-0.2, -0.15) is 9.57 Å². The highest BCUT2D eigenvalue weighted by molar-refractivity contribution is 7.98. The van der Waals surface area contributed by atoms with Crippen molar-refractivity contribution in [2.75, 3.05) is 13.1 Å². The third-order valence-corrected chi connectivity index (χ3v) is 7.23. The molecule has 0 unspecified atom stereocenters. The summed E-state index contributed by atoms with van der Waals surface area (Å²) in [7, 11) is -3.57. The summed E-state index contributed by atoms with van der Waals surface area (Å²) in [6.45, 7) is 4.40. The van der Waals surface area contributed by atoms with E-state index in [2.05, 4.69) is 16.3 Å². The van der Waals surface area contributed by atoms with Crippen molar-refractivity contribution in [2.45, 2.75) is 29.7 Å². The highest BCUT2D eigenvalue weighted by atomic mass is 32.2. The van der Waals surface area contributed by atoms with Gasteiger partial charge in [-0.15, -0.1) is 10.2 Å². The molecule has 0 spiro atoms. The standard InChI is InChI=1S/C20H20N4O3S2/c1-3-24(4-2)29(25,26)18-11-7-10-15(12-18)19-22-23-20(27-19)28-14-17-9-6-5-8-16(17)13-21/h5-12H,3-4,14H2,1-2H3. The van der Waals surface area contributed by atoms with Crippen LogP contribution in [-0.2, 0) is 15.8 Å². The van der Waals surface area contributed by atoms with Crippen molar-refractivity contribution in [1.82, 2.24) is 14.5 Å². The lowest BCUT2D eigenvalue weighted by Gasteiger charge is -2.18. The Kier molecular flexibility index (Phi) is 6.69. The van der Waals surface area contributed by atoms with Gasteiger partial charge in [-0.05, 0) is 29.8 Å². The van der Waals surface area contributed by atoms with Crippen LogP contribution in [0.15, 0.2) is 63.1 Å². The number of rotatable bonds is 8. The second-order valence-electron chi connectivity index (χ2n) is 6.05. The van der Waals surface area contributed by atoms with Gasteiger partial charge in [0.05, 0.1) is 16.5 Å². The fraction of sp³-hybridized carbons (Fsp3) is 0.250. The Morgan fingerprint density at radius 2 is 1.86 bits per heavy atom. The Hall–Kier alpha value is -2.67. The summed E-state index contributed by atoms with van der Waals surface area (Å²) in [5, 5.41) is 17.6. The molecule has 0 aliphatic heterocycles. The fourth-order valence-corrected chi connectivity index (χ4v) is 5.05. The molecular weight excluding hydrogens is 408 g/mol.